The molecule has 3 aromatic rings. The van der Waals surface area contributed by atoms with Crippen molar-refractivity contribution in [1.82, 2.24) is 13.9 Å². The maximum absolute atomic E-state index is 14.1. The van der Waals surface area contributed by atoms with Gasteiger partial charge in [-0.05, 0) is 55.5 Å². The molecule has 0 radical (unpaired) electrons. The van der Waals surface area contributed by atoms with Crippen molar-refractivity contribution in [3.63, 3.8) is 0 Å². The minimum Gasteiger partial charge on any atom is -0.376 e. The average Bonchev–Trinajstić information content (AvgIpc) is 3.55. The maximum Gasteiger partial charge on any atom is 0.243 e. The third-order valence-electron chi connectivity index (χ3n) is 6.11. The van der Waals surface area contributed by atoms with Gasteiger partial charge >= 0.3 is 0 Å². The molecule has 1 aromatic heterocycles. The molecule has 0 N–H and O–H groups in total. The van der Waals surface area contributed by atoms with Gasteiger partial charge in [0.15, 0.2) is 5.16 Å². The summed E-state index contributed by atoms with van der Waals surface area (Å²) in [4.78, 5) is 5.04. The van der Waals surface area contributed by atoms with Gasteiger partial charge in [-0.25, -0.2) is 17.8 Å². The van der Waals surface area contributed by atoms with E-state index in [1.54, 1.807) is 28.6 Å². The lowest BCUT2D eigenvalue weighted by Gasteiger charge is -2.16. The van der Waals surface area contributed by atoms with E-state index in [4.69, 9.17) is 9.72 Å². The molecule has 2 aliphatic heterocycles. The Morgan fingerprint density at radius 1 is 1.12 bits per heavy atom. The molecule has 0 bridgehead atoms. The summed E-state index contributed by atoms with van der Waals surface area (Å²) in [5.74, 6) is 0.210. The zero-order valence-corrected chi connectivity index (χ0v) is 19.4. The fourth-order valence-corrected chi connectivity index (χ4v) is 6.91. The van der Waals surface area contributed by atoms with Crippen LogP contribution in [-0.2, 0) is 27.1 Å². The number of hydrogen-bond donors (Lipinski definition) is 0. The van der Waals surface area contributed by atoms with Crippen LogP contribution in [0.15, 0.2) is 52.5 Å². The van der Waals surface area contributed by atoms with Crippen molar-refractivity contribution in [3.05, 3.63) is 53.8 Å². The number of ether oxygens (including phenoxy) is 1. The summed E-state index contributed by atoms with van der Waals surface area (Å²) in [5.41, 5.74) is 2.13. The number of fused-ring (bicyclic) bond motifs is 1. The molecule has 0 saturated carbocycles. The van der Waals surface area contributed by atoms with Gasteiger partial charge in [0.1, 0.15) is 5.82 Å². The number of rotatable bonds is 7. The minimum atomic E-state index is -3.51. The molecule has 0 aliphatic carbocycles. The van der Waals surface area contributed by atoms with Crippen LogP contribution in [0.2, 0.25) is 0 Å². The highest BCUT2D eigenvalue weighted by atomic mass is 32.2. The normalized spacial score (nSPS) is 19.8. The Bertz CT molecular complexity index is 1220. The number of sulfonamides is 1. The zero-order valence-electron chi connectivity index (χ0n) is 17.7. The van der Waals surface area contributed by atoms with Crippen molar-refractivity contribution in [1.29, 1.82) is 0 Å². The first-order chi connectivity index (χ1) is 15.5. The molecule has 2 aromatic carbocycles. The molecule has 2 saturated heterocycles. The van der Waals surface area contributed by atoms with Crippen molar-refractivity contribution in [2.75, 3.05) is 19.7 Å². The van der Waals surface area contributed by atoms with Crippen molar-refractivity contribution < 1.29 is 17.5 Å². The molecule has 170 valence electrons. The Hall–Kier alpha value is -1.94. The van der Waals surface area contributed by atoms with E-state index < -0.39 is 10.0 Å². The Morgan fingerprint density at radius 2 is 1.94 bits per heavy atom. The molecule has 1 atom stereocenters. The van der Waals surface area contributed by atoms with E-state index in [2.05, 4.69) is 4.57 Å². The summed E-state index contributed by atoms with van der Waals surface area (Å²) in [5, 5.41) is 0.745. The Labute approximate surface area is 191 Å². The minimum absolute atomic E-state index is 0.105. The van der Waals surface area contributed by atoms with Crippen LogP contribution in [0.3, 0.4) is 0 Å². The van der Waals surface area contributed by atoms with Crippen LogP contribution >= 0.6 is 11.8 Å². The molecule has 2 fully saturated rings. The topological polar surface area (TPSA) is 64.4 Å². The van der Waals surface area contributed by atoms with Crippen LogP contribution in [0, 0.1) is 5.82 Å². The molecule has 2 aliphatic rings. The van der Waals surface area contributed by atoms with Crippen molar-refractivity contribution in [2.45, 2.75) is 54.1 Å². The lowest BCUT2D eigenvalue weighted by molar-refractivity contribution is 0.0960. The molecule has 5 rings (SSSR count). The van der Waals surface area contributed by atoms with Crippen LogP contribution in [0.1, 0.15) is 31.2 Å². The van der Waals surface area contributed by atoms with Gasteiger partial charge in [-0.3, -0.25) is 0 Å². The second kappa shape index (κ2) is 9.13. The summed E-state index contributed by atoms with van der Waals surface area (Å²) in [6.45, 7) is 2.54. The highest BCUT2D eigenvalue weighted by molar-refractivity contribution is 7.98. The van der Waals surface area contributed by atoms with E-state index in [0.29, 0.717) is 36.5 Å². The smallest absolute Gasteiger partial charge is 0.243 e. The lowest BCUT2D eigenvalue weighted by Crippen LogP contribution is -2.27. The molecule has 0 amide bonds. The fourth-order valence-electron chi connectivity index (χ4n) is 4.36. The van der Waals surface area contributed by atoms with Crippen LogP contribution < -0.4 is 0 Å². The fraction of sp³-hybridized carbons (Fsp3) is 0.435. The molecule has 1 unspecified atom stereocenters. The standard InChI is InChI=1S/C23H26FN3O3S2/c24-20-8-2-1-6-17(20)16-31-23-25-21-14-19(32(28,29)26-11-3-4-12-26)9-10-22(21)27(23)15-18-7-5-13-30-18/h1-2,6,8-10,14,18H,3-5,7,11-13,15-16H2. The van der Waals surface area contributed by atoms with E-state index in [-0.39, 0.29) is 16.8 Å². The number of aromatic nitrogens is 2. The largest absolute Gasteiger partial charge is 0.376 e. The molecule has 3 heterocycles. The van der Waals surface area contributed by atoms with Crippen LogP contribution in [0.4, 0.5) is 4.39 Å². The highest BCUT2D eigenvalue weighted by Gasteiger charge is 2.28. The molecular formula is C23H26FN3O3S2. The summed E-state index contributed by atoms with van der Waals surface area (Å²) in [6, 6.07) is 11.9. The van der Waals surface area contributed by atoms with E-state index >= 15 is 0 Å². The quantitative estimate of drug-likeness (QED) is 0.473. The first-order valence-corrected chi connectivity index (χ1v) is 13.4. The van der Waals surface area contributed by atoms with Gasteiger partial charge in [-0.1, -0.05) is 30.0 Å². The second-order valence-electron chi connectivity index (χ2n) is 8.28. The van der Waals surface area contributed by atoms with Crippen molar-refractivity contribution in [2.24, 2.45) is 0 Å². The third-order valence-corrected chi connectivity index (χ3v) is 9.03. The maximum atomic E-state index is 14.1. The van der Waals surface area contributed by atoms with Gasteiger partial charge in [-0.2, -0.15) is 4.31 Å². The number of halogens is 1. The first-order valence-electron chi connectivity index (χ1n) is 11.0. The van der Waals surface area contributed by atoms with Crippen LogP contribution in [-0.4, -0.2) is 48.1 Å². The monoisotopic (exact) mass is 475 g/mol. The predicted octanol–water partition coefficient (Wildman–Crippen LogP) is 4.43. The Morgan fingerprint density at radius 3 is 2.69 bits per heavy atom. The molecular weight excluding hydrogens is 449 g/mol. The van der Waals surface area contributed by atoms with E-state index in [1.807, 2.05) is 12.1 Å². The van der Waals surface area contributed by atoms with E-state index in [0.717, 1.165) is 43.0 Å². The molecule has 6 nitrogen and oxygen atoms in total. The van der Waals surface area contributed by atoms with Gasteiger partial charge in [0, 0.05) is 25.4 Å². The number of imidazole rings is 1. The van der Waals surface area contributed by atoms with Gasteiger partial charge in [0.2, 0.25) is 10.0 Å². The third kappa shape index (κ3) is 4.31. The lowest BCUT2D eigenvalue weighted by atomic mass is 10.2. The SMILES string of the molecule is O=S(=O)(c1ccc2c(c1)nc(SCc1ccccc1F)n2CC1CCCO1)N1CCCC1. The summed E-state index contributed by atoms with van der Waals surface area (Å²) >= 11 is 1.46. The second-order valence-corrected chi connectivity index (χ2v) is 11.2. The first kappa shape index (κ1) is 21.9. The average molecular weight is 476 g/mol. The number of hydrogen-bond acceptors (Lipinski definition) is 5. The predicted molar refractivity (Wildman–Crippen MR) is 123 cm³/mol. The van der Waals surface area contributed by atoms with Crippen LogP contribution in [0.25, 0.3) is 11.0 Å². The summed E-state index contributed by atoms with van der Waals surface area (Å²) in [7, 11) is -3.51. The number of nitrogens with zero attached hydrogens (tertiary/aromatic N) is 3. The molecule has 9 heteroatoms. The van der Waals surface area contributed by atoms with E-state index in [1.165, 1.54) is 17.8 Å². The van der Waals surface area contributed by atoms with Gasteiger partial charge in [0.05, 0.1) is 28.6 Å². The number of benzene rings is 2. The molecule has 0 spiro atoms. The Kier molecular flexibility index (Phi) is 6.24. The van der Waals surface area contributed by atoms with Gasteiger partial charge < -0.3 is 9.30 Å². The highest BCUT2D eigenvalue weighted by Crippen LogP contribution is 2.31. The van der Waals surface area contributed by atoms with Gasteiger partial charge in [-0.15, -0.1) is 0 Å². The molecule has 32 heavy (non-hydrogen) atoms. The zero-order chi connectivity index (χ0) is 22.1. The summed E-state index contributed by atoms with van der Waals surface area (Å²) < 4.78 is 49.6. The summed E-state index contributed by atoms with van der Waals surface area (Å²) in [6.07, 6.45) is 3.92. The number of thioether (sulfide) groups is 1. The van der Waals surface area contributed by atoms with Crippen LogP contribution in [0.5, 0.6) is 0 Å². The van der Waals surface area contributed by atoms with Crippen molar-refractivity contribution in [3.8, 4) is 0 Å². The van der Waals surface area contributed by atoms with E-state index in [9.17, 15) is 12.8 Å². The van der Waals surface area contributed by atoms with Gasteiger partial charge in [0.25, 0.3) is 0 Å². The Balaban J connectivity index is 1.49. The van der Waals surface area contributed by atoms with Crippen molar-refractivity contribution >= 4 is 32.8 Å².